The fraction of sp³-hybridized carbons (Fsp3) is 0.312. The van der Waals surface area contributed by atoms with E-state index in [-0.39, 0.29) is 6.04 Å². The summed E-state index contributed by atoms with van der Waals surface area (Å²) in [4.78, 5) is 4.47. The molecule has 2 aromatic rings. The van der Waals surface area contributed by atoms with E-state index in [9.17, 15) is 0 Å². The van der Waals surface area contributed by atoms with Crippen molar-refractivity contribution in [3.8, 4) is 0 Å². The van der Waals surface area contributed by atoms with Crippen molar-refractivity contribution in [3.63, 3.8) is 0 Å². The molecule has 19 heavy (non-hydrogen) atoms. The molecule has 1 aromatic heterocycles. The van der Waals surface area contributed by atoms with Crippen molar-refractivity contribution >= 4 is 15.9 Å². The molecule has 2 nitrogen and oxygen atoms in total. The fourth-order valence-corrected chi connectivity index (χ4v) is 2.30. The van der Waals surface area contributed by atoms with Crippen molar-refractivity contribution in [2.45, 2.75) is 25.8 Å². The molecule has 0 aliphatic rings. The minimum absolute atomic E-state index is 0.280. The summed E-state index contributed by atoms with van der Waals surface area (Å²) in [7, 11) is 0. The van der Waals surface area contributed by atoms with E-state index in [1.807, 2.05) is 18.3 Å². The number of hydrogen-bond donors (Lipinski definition) is 1. The van der Waals surface area contributed by atoms with Gasteiger partial charge in [-0.05, 0) is 49.2 Å². The number of nitrogens with zero attached hydrogens (tertiary/aromatic N) is 1. The maximum Gasteiger partial charge on any atom is 0.0576 e. The van der Waals surface area contributed by atoms with Gasteiger partial charge in [0.05, 0.1) is 11.7 Å². The largest absolute Gasteiger partial charge is 0.308 e. The first-order valence-electron chi connectivity index (χ1n) is 6.68. The van der Waals surface area contributed by atoms with Crippen molar-refractivity contribution in [3.05, 3.63) is 64.4 Å². The number of benzene rings is 1. The Hall–Kier alpha value is -1.19. The van der Waals surface area contributed by atoms with Crippen molar-refractivity contribution < 1.29 is 0 Å². The molecule has 0 spiro atoms. The Morgan fingerprint density at radius 3 is 2.58 bits per heavy atom. The number of hydrogen-bond acceptors (Lipinski definition) is 2. The van der Waals surface area contributed by atoms with Gasteiger partial charge in [0.2, 0.25) is 0 Å². The second kappa shape index (κ2) is 7.41. The quantitative estimate of drug-likeness (QED) is 0.866. The minimum atomic E-state index is 0.280. The van der Waals surface area contributed by atoms with Gasteiger partial charge in [0.1, 0.15) is 0 Å². The van der Waals surface area contributed by atoms with Gasteiger partial charge < -0.3 is 5.32 Å². The lowest BCUT2D eigenvalue weighted by molar-refractivity contribution is 0.518. The van der Waals surface area contributed by atoms with Gasteiger partial charge >= 0.3 is 0 Å². The molecule has 0 radical (unpaired) electrons. The third-order valence-corrected chi connectivity index (χ3v) is 3.57. The van der Waals surface area contributed by atoms with Crippen LogP contribution >= 0.6 is 15.9 Å². The Kier molecular flexibility index (Phi) is 5.55. The highest BCUT2D eigenvalue weighted by Gasteiger charge is 2.12. The van der Waals surface area contributed by atoms with Crippen LogP contribution in [0.1, 0.15) is 30.6 Å². The van der Waals surface area contributed by atoms with Gasteiger partial charge in [0, 0.05) is 10.7 Å². The van der Waals surface area contributed by atoms with Gasteiger partial charge in [0.15, 0.2) is 0 Å². The van der Waals surface area contributed by atoms with Crippen molar-refractivity contribution in [2.75, 3.05) is 6.54 Å². The average molecular weight is 319 g/mol. The summed E-state index contributed by atoms with van der Waals surface area (Å²) in [5.74, 6) is 0. The molecule has 2 rings (SSSR count). The van der Waals surface area contributed by atoms with E-state index in [0.29, 0.717) is 0 Å². The molecular formula is C16H19BrN2. The summed E-state index contributed by atoms with van der Waals surface area (Å²) in [6, 6.07) is 14.9. The smallest absolute Gasteiger partial charge is 0.0576 e. The molecular weight excluding hydrogens is 300 g/mol. The van der Waals surface area contributed by atoms with E-state index >= 15 is 0 Å². The van der Waals surface area contributed by atoms with Crippen LogP contribution < -0.4 is 5.32 Å². The SMILES string of the molecule is CCCNC(Cc1ccc(Br)cc1)c1ccccn1. The first-order chi connectivity index (χ1) is 9.29. The van der Waals surface area contributed by atoms with E-state index in [0.717, 1.165) is 29.6 Å². The van der Waals surface area contributed by atoms with Gasteiger partial charge in [-0.25, -0.2) is 0 Å². The first-order valence-corrected chi connectivity index (χ1v) is 7.47. The van der Waals surface area contributed by atoms with Gasteiger partial charge in [0.25, 0.3) is 0 Å². The van der Waals surface area contributed by atoms with Crippen LogP contribution in [0.15, 0.2) is 53.1 Å². The van der Waals surface area contributed by atoms with Gasteiger partial charge in [-0.2, -0.15) is 0 Å². The third kappa shape index (κ3) is 4.44. The van der Waals surface area contributed by atoms with Crippen LogP contribution in [-0.4, -0.2) is 11.5 Å². The van der Waals surface area contributed by atoms with Gasteiger partial charge in [-0.15, -0.1) is 0 Å². The van der Waals surface area contributed by atoms with Crippen LogP contribution in [0.5, 0.6) is 0 Å². The lowest BCUT2D eigenvalue weighted by atomic mass is 10.0. The number of aromatic nitrogens is 1. The fourth-order valence-electron chi connectivity index (χ4n) is 2.04. The third-order valence-electron chi connectivity index (χ3n) is 3.04. The summed E-state index contributed by atoms with van der Waals surface area (Å²) in [5.41, 5.74) is 2.43. The van der Waals surface area contributed by atoms with Crippen LogP contribution in [0.3, 0.4) is 0 Å². The lowest BCUT2D eigenvalue weighted by Crippen LogP contribution is -2.24. The molecule has 3 heteroatoms. The molecule has 1 unspecified atom stereocenters. The van der Waals surface area contributed by atoms with Crippen molar-refractivity contribution in [1.82, 2.24) is 10.3 Å². The Morgan fingerprint density at radius 1 is 1.16 bits per heavy atom. The molecule has 0 fully saturated rings. The summed E-state index contributed by atoms with van der Waals surface area (Å²) in [6.45, 7) is 3.19. The molecule has 1 atom stereocenters. The second-order valence-corrected chi connectivity index (χ2v) is 5.51. The van der Waals surface area contributed by atoms with Crippen LogP contribution in [0, 0.1) is 0 Å². The summed E-state index contributed by atoms with van der Waals surface area (Å²) in [5, 5.41) is 3.57. The van der Waals surface area contributed by atoms with Crippen molar-refractivity contribution in [1.29, 1.82) is 0 Å². The molecule has 0 aliphatic heterocycles. The molecule has 0 saturated carbocycles. The summed E-state index contributed by atoms with van der Waals surface area (Å²) < 4.78 is 1.12. The van der Waals surface area contributed by atoms with Gasteiger partial charge in [-0.1, -0.05) is 41.1 Å². The predicted molar refractivity (Wildman–Crippen MR) is 83.1 cm³/mol. The van der Waals surface area contributed by atoms with Gasteiger partial charge in [-0.3, -0.25) is 4.98 Å². The van der Waals surface area contributed by atoms with Crippen LogP contribution in [-0.2, 0) is 6.42 Å². The highest BCUT2D eigenvalue weighted by Crippen LogP contribution is 2.18. The average Bonchev–Trinajstić information content (AvgIpc) is 2.46. The standard InChI is InChI=1S/C16H19BrN2/c1-2-10-18-16(15-5-3-4-11-19-15)12-13-6-8-14(17)9-7-13/h3-9,11,16,18H,2,10,12H2,1H3. The van der Waals surface area contributed by atoms with E-state index in [1.165, 1.54) is 5.56 Å². The monoisotopic (exact) mass is 318 g/mol. The minimum Gasteiger partial charge on any atom is -0.308 e. The van der Waals surface area contributed by atoms with E-state index in [1.54, 1.807) is 0 Å². The number of rotatable bonds is 6. The zero-order valence-corrected chi connectivity index (χ0v) is 12.7. The Bertz CT molecular complexity index is 482. The Balaban J connectivity index is 2.11. The predicted octanol–water partition coefficient (Wildman–Crippen LogP) is 4.13. The molecule has 0 bridgehead atoms. The van der Waals surface area contributed by atoms with Crippen LogP contribution in [0.2, 0.25) is 0 Å². The zero-order valence-electron chi connectivity index (χ0n) is 11.1. The molecule has 0 saturated heterocycles. The summed E-state index contributed by atoms with van der Waals surface area (Å²) >= 11 is 3.47. The summed E-state index contributed by atoms with van der Waals surface area (Å²) in [6.07, 6.45) is 3.95. The lowest BCUT2D eigenvalue weighted by Gasteiger charge is -2.18. The molecule has 0 amide bonds. The topological polar surface area (TPSA) is 24.9 Å². The normalized spacial score (nSPS) is 12.3. The number of nitrogens with one attached hydrogen (secondary N) is 1. The van der Waals surface area contributed by atoms with E-state index < -0.39 is 0 Å². The molecule has 1 N–H and O–H groups in total. The van der Waals surface area contributed by atoms with Crippen molar-refractivity contribution in [2.24, 2.45) is 0 Å². The maximum atomic E-state index is 4.47. The Morgan fingerprint density at radius 2 is 1.95 bits per heavy atom. The second-order valence-electron chi connectivity index (χ2n) is 4.59. The highest BCUT2D eigenvalue weighted by atomic mass is 79.9. The molecule has 100 valence electrons. The van der Waals surface area contributed by atoms with E-state index in [4.69, 9.17) is 0 Å². The van der Waals surface area contributed by atoms with Crippen LogP contribution in [0.25, 0.3) is 0 Å². The van der Waals surface area contributed by atoms with Crippen LogP contribution in [0.4, 0.5) is 0 Å². The number of pyridine rings is 1. The molecule has 1 heterocycles. The maximum absolute atomic E-state index is 4.47. The van der Waals surface area contributed by atoms with E-state index in [2.05, 4.69) is 63.5 Å². The number of halogens is 1. The highest BCUT2D eigenvalue weighted by molar-refractivity contribution is 9.10. The Labute approximate surface area is 123 Å². The molecule has 1 aromatic carbocycles. The zero-order chi connectivity index (χ0) is 13.5. The first kappa shape index (κ1) is 14.2. The molecule has 0 aliphatic carbocycles.